The SMILES string of the molecule is CC(C)(C)OC(=O)N1CCNCC1.CC(C)CC(=O)c1ccccc1F.CC(C)CC(=O)c1ccccc1N1CCN(C(=O)OC(C)(C)C)CC1. The minimum atomic E-state index is -0.482. The van der Waals surface area contributed by atoms with Crippen LogP contribution in [0.3, 0.4) is 0 Å². The molecule has 10 nitrogen and oxygen atoms in total. The van der Waals surface area contributed by atoms with E-state index in [1.54, 1.807) is 21.9 Å². The van der Waals surface area contributed by atoms with E-state index in [0.717, 1.165) is 37.4 Å². The standard InChI is InChI=1S/C20H30N2O3.C11H13FO.C9H18N2O2/c1-15(2)14-18(23)16-8-6-7-9-17(16)21-10-12-22(13-11-21)19(24)25-20(3,4)5;1-8(2)7-11(13)9-5-3-4-6-10(9)12;1-9(2,3)13-8(12)11-6-4-10-5-7-11/h6-9,15H,10-14H2,1-5H3;3-6,8H,7H2,1-2H3;10H,4-7H2,1-3H3. The zero-order chi connectivity index (χ0) is 38.4. The average molecular weight is 713 g/mol. The van der Waals surface area contributed by atoms with Crippen molar-refractivity contribution in [3.05, 3.63) is 65.5 Å². The van der Waals surface area contributed by atoms with Crippen molar-refractivity contribution < 1.29 is 33.0 Å². The molecule has 2 heterocycles. The van der Waals surface area contributed by atoms with Crippen LogP contribution in [0.15, 0.2) is 48.5 Å². The van der Waals surface area contributed by atoms with Gasteiger partial charge in [0.2, 0.25) is 0 Å². The number of amides is 2. The van der Waals surface area contributed by atoms with E-state index < -0.39 is 11.4 Å². The summed E-state index contributed by atoms with van der Waals surface area (Å²) in [5.41, 5.74) is 1.08. The first-order chi connectivity index (χ1) is 23.8. The fourth-order valence-electron chi connectivity index (χ4n) is 5.26. The first kappa shape index (κ1) is 43.2. The van der Waals surface area contributed by atoms with Gasteiger partial charge in [0.05, 0.1) is 5.56 Å². The molecule has 51 heavy (non-hydrogen) atoms. The van der Waals surface area contributed by atoms with Crippen LogP contribution in [0.4, 0.5) is 19.7 Å². The second-order valence-corrected chi connectivity index (χ2v) is 15.7. The molecule has 2 fully saturated rings. The second-order valence-electron chi connectivity index (χ2n) is 15.7. The fraction of sp³-hybridized carbons (Fsp3) is 0.600. The van der Waals surface area contributed by atoms with Crippen LogP contribution in [0.2, 0.25) is 0 Å². The highest BCUT2D eigenvalue weighted by molar-refractivity contribution is 6.01. The van der Waals surface area contributed by atoms with Crippen molar-refractivity contribution in [2.24, 2.45) is 11.8 Å². The van der Waals surface area contributed by atoms with Crippen molar-refractivity contribution in [3.63, 3.8) is 0 Å². The first-order valence-electron chi connectivity index (χ1n) is 18.1. The van der Waals surface area contributed by atoms with Gasteiger partial charge in [-0.05, 0) is 77.6 Å². The van der Waals surface area contributed by atoms with Gasteiger partial charge in [-0.2, -0.15) is 0 Å². The number of hydrogen-bond acceptors (Lipinski definition) is 8. The summed E-state index contributed by atoms with van der Waals surface area (Å²) >= 11 is 0. The van der Waals surface area contributed by atoms with Crippen LogP contribution in [0.25, 0.3) is 0 Å². The summed E-state index contributed by atoms with van der Waals surface area (Å²) in [4.78, 5) is 53.3. The summed E-state index contributed by atoms with van der Waals surface area (Å²) in [5.74, 6) is 0.248. The van der Waals surface area contributed by atoms with E-state index in [2.05, 4.69) is 24.1 Å². The molecule has 2 aromatic rings. The summed E-state index contributed by atoms with van der Waals surface area (Å²) in [7, 11) is 0. The number of ether oxygens (including phenoxy) is 2. The quantitative estimate of drug-likeness (QED) is 0.289. The number of nitrogens with zero attached hydrogens (tertiary/aromatic N) is 3. The summed E-state index contributed by atoms with van der Waals surface area (Å²) in [6.07, 6.45) is 0.487. The van der Waals surface area contributed by atoms with Crippen molar-refractivity contribution in [3.8, 4) is 0 Å². The smallest absolute Gasteiger partial charge is 0.410 e. The van der Waals surface area contributed by atoms with E-state index >= 15 is 0 Å². The van der Waals surface area contributed by atoms with Gasteiger partial charge in [0.1, 0.15) is 17.0 Å². The molecule has 2 saturated heterocycles. The fourth-order valence-corrected chi connectivity index (χ4v) is 5.26. The molecule has 0 atom stereocenters. The molecule has 0 spiro atoms. The molecule has 0 bridgehead atoms. The Morgan fingerprint density at radius 1 is 0.647 bits per heavy atom. The maximum Gasteiger partial charge on any atom is 0.410 e. The molecule has 0 saturated carbocycles. The molecule has 0 unspecified atom stereocenters. The number of nitrogens with one attached hydrogen (secondary N) is 1. The predicted octanol–water partition coefficient (Wildman–Crippen LogP) is 7.85. The average Bonchev–Trinajstić information content (AvgIpc) is 3.04. The number of anilines is 1. The summed E-state index contributed by atoms with van der Waals surface area (Å²) in [6.45, 7) is 25.1. The van der Waals surface area contributed by atoms with E-state index in [4.69, 9.17) is 9.47 Å². The van der Waals surface area contributed by atoms with E-state index in [9.17, 15) is 23.6 Å². The molecule has 0 radical (unpaired) electrons. The molecule has 284 valence electrons. The van der Waals surface area contributed by atoms with Gasteiger partial charge in [0.25, 0.3) is 0 Å². The molecular formula is C40H61FN4O6. The van der Waals surface area contributed by atoms with Crippen LogP contribution in [0.5, 0.6) is 0 Å². The number of Topliss-reactive ketones (excluding diaryl/α,β-unsaturated/α-hetero) is 2. The molecule has 1 N–H and O–H groups in total. The highest BCUT2D eigenvalue weighted by atomic mass is 19.1. The van der Waals surface area contributed by atoms with Crippen LogP contribution < -0.4 is 10.2 Å². The third-order valence-electron chi connectivity index (χ3n) is 7.61. The summed E-state index contributed by atoms with van der Waals surface area (Å²) in [5, 5.41) is 3.18. The lowest BCUT2D eigenvalue weighted by Crippen LogP contribution is -2.50. The Balaban J connectivity index is 0.000000292. The van der Waals surface area contributed by atoms with Crippen molar-refractivity contribution in [1.82, 2.24) is 15.1 Å². The minimum Gasteiger partial charge on any atom is -0.444 e. The maximum absolute atomic E-state index is 13.1. The summed E-state index contributed by atoms with van der Waals surface area (Å²) < 4.78 is 23.7. The van der Waals surface area contributed by atoms with Crippen molar-refractivity contribution in [2.75, 3.05) is 57.3 Å². The molecule has 2 aliphatic heterocycles. The monoisotopic (exact) mass is 712 g/mol. The van der Waals surface area contributed by atoms with Gasteiger partial charge in [-0.1, -0.05) is 52.0 Å². The number of halogens is 1. The van der Waals surface area contributed by atoms with E-state index in [1.165, 1.54) is 12.1 Å². The van der Waals surface area contributed by atoms with E-state index in [-0.39, 0.29) is 40.8 Å². The van der Waals surface area contributed by atoms with Gasteiger partial charge in [-0.3, -0.25) is 9.59 Å². The molecule has 0 aliphatic carbocycles. The van der Waals surface area contributed by atoms with Gasteiger partial charge in [-0.25, -0.2) is 14.0 Å². The molecule has 2 aliphatic rings. The number of ketones is 2. The Morgan fingerprint density at radius 2 is 1.06 bits per heavy atom. The molecule has 2 aromatic carbocycles. The van der Waals surface area contributed by atoms with E-state index in [1.807, 2.05) is 79.7 Å². The number of piperazine rings is 2. The number of para-hydroxylation sites is 1. The lowest BCUT2D eigenvalue weighted by atomic mass is 9.99. The predicted molar refractivity (Wildman–Crippen MR) is 201 cm³/mol. The molecular weight excluding hydrogens is 651 g/mol. The third kappa shape index (κ3) is 16.3. The molecule has 0 aromatic heterocycles. The van der Waals surface area contributed by atoms with Crippen LogP contribution >= 0.6 is 0 Å². The lowest BCUT2D eigenvalue weighted by Gasteiger charge is -2.37. The van der Waals surface area contributed by atoms with Gasteiger partial charge >= 0.3 is 12.2 Å². The zero-order valence-corrected chi connectivity index (χ0v) is 32.5. The Morgan fingerprint density at radius 3 is 1.51 bits per heavy atom. The first-order valence-corrected chi connectivity index (χ1v) is 18.1. The normalized spacial score (nSPS) is 15.0. The number of carbonyl (C=O) groups is 4. The van der Waals surface area contributed by atoms with Gasteiger partial charge in [0.15, 0.2) is 11.6 Å². The Bertz CT molecular complexity index is 1420. The largest absolute Gasteiger partial charge is 0.444 e. The molecule has 11 heteroatoms. The number of rotatable bonds is 7. The number of carbonyl (C=O) groups excluding carboxylic acids is 4. The van der Waals surface area contributed by atoms with Gasteiger partial charge in [0, 0.05) is 76.5 Å². The Labute approximate surface area is 305 Å². The van der Waals surface area contributed by atoms with Gasteiger partial charge in [-0.15, -0.1) is 0 Å². The zero-order valence-electron chi connectivity index (χ0n) is 32.5. The third-order valence-corrected chi connectivity index (χ3v) is 7.61. The van der Waals surface area contributed by atoms with Crippen LogP contribution in [-0.2, 0) is 9.47 Å². The van der Waals surface area contributed by atoms with Crippen LogP contribution in [0, 0.1) is 17.7 Å². The Hall–Kier alpha value is -3.99. The van der Waals surface area contributed by atoms with Crippen LogP contribution in [-0.4, -0.2) is 97.1 Å². The topological polar surface area (TPSA) is 108 Å². The maximum atomic E-state index is 13.1. The summed E-state index contributed by atoms with van der Waals surface area (Å²) in [6, 6.07) is 13.9. The Kier molecular flexibility index (Phi) is 17.1. The molecule has 2 amide bonds. The lowest BCUT2D eigenvalue weighted by molar-refractivity contribution is 0.0223. The van der Waals surface area contributed by atoms with Crippen molar-refractivity contribution in [1.29, 1.82) is 0 Å². The minimum absolute atomic E-state index is 0.117. The molecule has 4 rings (SSSR count). The van der Waals surface area contributed by atoms with Crippen molar-refractivity contribution >= 4 is 29.4 Å². The van der Waals surface area contributed by atoms with E-state index in [0.29, 0.717) is 44.9 Å². The second kappa shape index (κ2) is 20.2. The van der Waals surface area contributed by atoms with Crippen LogP contribution in [0.1, 0.15) is 103 Å². The highest BCUT2D eigenvalue weighted by Crippen LogP contribution is 2.25. The number of benzene rings is 2. The van der Waals surface area contributed by atoms with Gasteiger partial charge < -0.3 is 29.5 Å². The van der Waals surface area contributed by atoms with Crippen molar-refractivity contribution in [2.45, 2.75) is 93.3 Å². The highest BCUT2D eigenvalue weighted by Gasteiger charge is 2.27. The number of hydrogen-bond donors (Lipinski definition) is 1.